The zero-order chi connectivity index (χ0) is 40.1. The van der Waals surface area contributed by atoms with Crippen LogP contribution in [0.1, 0.15) is 44.5 Å². The van der Waals surface area contributed by atoms with Gasteiger partial charge in [0.15, 0.2) is 46.7 Å². The van der Waals surface area contributed by atoms with Crippen LogP contribution in [-0.4, -0.2) is 46.7 Å². The molecule has 5 heterocycles. The molecular formula is C32Br6Cl10CuN8. The monoisotopic (exact) mass is 1380 g/mol. The van der Waals surface area contributed by atoms with Gasteiger partial charge in [0.05, 0.1) is 91.5 Å². The van der Waals surface area contributed by atoms with Crippen LogP contribution in [0.2, 0.25) is 50.2 Å². The Bertz CT molecular complexity index is 2580. The van der Waals surface area contributed by atoms with E-state index in [0.29, 0.717) is 54.7 Å². The van der Waals surface area contributed by atoms with E-state index in [1.54, 1.807) is 0 Å². The number of halogens is 16. The Balaban J connectivity index is 0.00000455. The summed E-state index contributed by atoms with van der Waals surface area (Å²) in [5.41, 5.74) is 2.58. The maximum atomic E-state index is 6.98. The van der Waals surface area contributed by atoms with Crippen LogP contribution in [0.4, 0.5) is 0 Å². The van der Waals surface area contributed by atoms with Crippen LogP contribution in [0.15, 0.2) is 66.8 Å². The minimum Gasteiger partial charge on any atom is -0.208 e. The summed E-state index contributed by atoms with van der Waals surface area (Å²) in [5.74, 6) is 0.507. The van der Waals surface area contributed by atoms with E-state index in [4.69, 9.17) is 156 Å². The molecule has 25 heteroatoms. The Kier molecular flexibility index (Phi) is 12.4. The Morgan fingerprint density at radius 1 is 0.211 bits per heavy atom. The van der Waals surface area contributed by atoms with Gasteiger partial charge in [-0.1, -0.05) is 116 Å². The Morgan fingerprint density at radius 3 is 0.737 bits per heavy atom. The first kappa shape index (κ1) is 44.2. The molecule has 0 fully saturated rings. The minimum atomic E-state index is 0. The van der Waals surface area contributed by atoms with Crippen LogP contribution >= 0.6 is 212 Å². The molecule has 0 saturated heterocycles. The average Bonchev–Trinajstić information content (AvgIpc) is 3.92. The number of fused-ring (bicyclic) bond motifs is 16. The van der Waals surface area contributed by atoms with Crippen LogP contribution in [0, 0.1) is 0 Å². The molecule has 291 valence electrons. The summed E-state index contributed by atoms with van der Waals surface area (Å²) >= 11 is 89.5. The standard InChI is InChI=1S/C32Br6Cl10N8.Cu/c33-9-1-4(15(39)12(36)20(9)44)28-50-25(1)49-27-3-6(19(43)24(48)22(46)11(3)35)30(53-27)52-26-2-5(16(40)13(37)21(45)10(2)34)29(51-26)55-32-8-7(31(54-28)56-32)17(41)14(38)23(47)18(8)42;. The minimum absolute atomic E-state index is 0. The van der Waals surface area contributed by atoms with E-state index >= 15 is 0 Å². The fraction of sp³-hybridized carbons (Fsp3) is 0. The normalized spacial score (nSPS) is 15.7. The number of nitrogens with zero attached hydrogens (tertiary/aromatic N) is 8. The SMILES string of the molecule is Clc1c(Cl)c(Br)c2c(c1Cl)C1=NC3=NC(=NC4=NC(=NC5=NC(=NC2=N1)c1c(Br)c(Cl)c(Br)c(Cl)c15)c1c(Cl)c(Br)c(Cl)c(Cl)c14)c1c(Cl)c(Br)c(Cl)c(Br)c13.[Cu]. The van der Waals surface area contributed by atoms with E-state index < -0.39 is 0 Å². The third-order valence-electron chi connectivity index (χ3n) is 8.55. The number of rotatable bonds is 0. The van der Waals surface area contributed by atoms with Gasteiger partial charge in [-0.15, -0.1) is 0 Å². The molecule has 57 heavy (non-hydrogen) atoms. The summed E-state index contributed by atoms with van der Waals surface area (Å²) in [6.45, 7) is 0. The first-order valence-corrected chi connectivity index (χ1v) is 23.1. The van der Waals surface area contributed by atoms with Crippen molar-refractivity contribution in [3.63, 3.8) is 0 Å². The summed E-state index contributed by atoms with van der Waals surface area (Å²) in [6, 6.07) is 0. The molecule has 0 aromatic heterocycles. The summed E-state index contributed by atoms with van der Waals surface area (Å²) in [7, 11) is 0. The zero-order valence-corrected chi connectivity index (χ0v) is 43.9. The maximum Gasteiger partial charge on any atom is 0.166 e. The smallest absolute Gasteiger partial charge is 0.166 e. The van der Waals surface area contributed by atoms with Crippen LogP contribution in [0.5, 0.6) is 0 Å². The second-order valence-corrected chi connectivity index (χ2v) is 20.0. The number of amidine groups is 8. The van der Waals surface area contributed by atoms with E-state index in [9.17, 15) is 0 Å². The fourth-order valence-corrected chi connectivity index (χ4v) is 12.3. The Labute approximate surface area is 430 Å². The van der Waals surface area contributed by atoms with Crippen LogP contribution in [-0.2, 0) is 17.1 Å². The Morgan fingerprint density at radius 2 is 0.404 bits per heavy atom. The molecule has 5 aliphatic heterocycles. The molecule has 0 N–H and O–H groups in total. The third-order valence-corrected chi connectivity index (χ3v) is 19.4. The Hall–Kier alpha value is 0.539. The van der Waals surface area contributed by atoms with Gasteiger partial charge in [0.2, 0.25) is 0 Å². The summed E-state index contributed by atoms with van der Waals surface area (Å²) in [6.07, 6.45) is 0. The first-order valence-electron chi connectivity index (χ1n) is 14.6. The van der Waals surface area contributed by atoms with Crippen molar-refractivity contribution < 1.29 is 17.1 Å². The molecule has 1 radical (unpaired) electrons. The second-order valence-electron chi connectivity index (χ2n) is 11.5. The predicted molar refractivity (Wildman–Crippen MR) is 254 cm³/mol. The van der Waals surface area contributed by atoms with Gasteiger partial charge in [-0.3, -0.25) is 0 Å². The largest absolute Gasteiger partial charge is 0.208 e. The number of aliphatic imine (C=N–C) groups is 8. The fourth-order valence-electron chi connectivity index (χ4n) is 6.10. The molecule has 0 saturated carbocycles. The van der Waals surface area contributed by atoms with Crippen molar-refractivity contribution >= 4 is 258 Å². The molecule has 4 aromatic rings. The van der Waals surface area contributed by atoms with Crippen LogP contribution in [0.3, 0.4) is 0 Å². The number of benzene rings is 4. The molecule has 9 rings (SSSR count). The molecule has 0 spiro atoms. The second kappa shape index (κ2) is 16.0. The van der Waals surface area contributed by atoms with Gasteiger partial charge in [0, 0.05) is 47.2 Å². The summed E-state index contributed by atoms with van der Waals surface area (Å²) in [4.78, 5) is 38.9. The molecule has 8 bridgehead atoms. The average molecular weight is 1390 g/mol. The van der Waals surface area contributed by atoms with Crippen molar-refractivity contribution in [2.45, 2.75) is 0 Å². The maximum absolute atomic E-state index is 6.98. The van der Waals surface area contributed by atoms with Gasteiger partial charge in [-0.25, -0.2) is 39.9 Å². The van der Waals surface area contributed by atoms with Gasteiger partial charge in [0.1, 0.15) is 0 Å². The molecule has 5 aliphatic rings. The van der Waals surface area contributed by atoms with E-state index in [1.165, 1.54) is 0 Å². The summed E-state index contributed by atoms with van der Waals surface area (Å²) in [5, 5.41) is 1.32. The van der Waals surface area contributed by atoms with Crippen LogP contribution < -0.4 is 0 Å². The summed E-state index contributed by atoms with van der Waals surface area (Å²) < 4.78 is 2.12. The van der Waals surface area contributed by atoms with Crippen molar-refractivity contribution in [1.82, 2.24) is 0 Å². The van der Waals surface area contributed by atoms with Crippen molar-refractivity contribution in [3.8, 4) is 0 Å². The van der Waals surface area contributed by atoms with Gasteiger partial charge in [0.25, 0.3) is 0 Å². The molecule has 8 nitrogen and oxygen atoms in total. The molecular weight excluding hydrogens is 1390 g/mol. The van der Waals surface area contributed by atoms with Crippen molar-refractivity contribution in [2.75, 3.05) is 0 Å². The molecule has 4 aromatic carbocycles. The molecule has 0 unspecified atom stereocenters. The van der Waals surface area contributed by atoms with Gasteiger partial charge < -0.3 is 0 Å². The number of hydrogen-bond acceptors (Lipinski definition) is 8. The van der Waals surface area contributed by atoms with Gasteiger partial charge >= 0.3 is 0 Å². The van der Waals surface area contributed by atoms with Crippen molar-refractivity contribution in [3.05, 3.63) is 122 Å². The molecule has 0 atom stereocenters. The predicted octanol–water partition coefficient (Wildman–Crippen LogP) is 15.9. The van der Waals surface area contributed by atoms with Crippen LogP contribution in [0.25, 0.3) is 0 Å². The van der Waals surface area contributed by atoms with E-state index in [-0.39, 0.29) is 131 Å². The van der Waals surface area contributed by atoms with Crippen molar-refractivity contribution in [1.29, 1.82) is 0 Å². The van der Waals surface area contributed by atoms with Gasteiger partial charge in [-0.05, 0) is 95.6 Å². The molecule has 0 amide bonds. The van der Waals surface area contributed by atoms with E-state index in [1.807, 2.05) is 0 Å². The topological polar surface area (TPSA) is 98.9 Å². The quantitative estimate of drug-likeness (QED) is 0.0952. The van der Waals surface area contributed by atoms with Crippen molar-refractivity contribution in [2.24, 2.45) is 39.9 Å². The van der Waals surface area contributed by atoms with E-state index in [2.05, 4.69) is 95.6 Å². The first-order chi connectivity index (χ1) is 26.4. The number of hydrogen-bond donors (Lipinski definition) is 0. The van der Waals surface area contributed by atoms with Gasteiger partial charge in [-0.2, -0.15) is 0 Å². The van der Waals surface area contributed by atoms with E-state index in [0.717, 1.165) is 0 Å². The molecule has 0 aliphatic carbocycles. The zero-order valence-electron chi connectivity index (χ0n) is 25.9. The third kappa shape index (κ3) is 6.53.